The van der Waals surface area contributed by atoms with Gasteiger partial charge < -0.3 is 5.32 Å². The lowest BCUT2D eigenvalue weighted by molar-refractivity contribution is 0.461. The van der Waals surface area contributed by atoms with Crippen molar-refractivity contribution in [3.8, 4) is 17.3 Å². The van der Waals surface area contributed by atoms with Gasteiger partial charge in [0.15, 0.2) is 0 Å². The Morgan fingerprint density at radius 2 is 2.30 bits per heavy atom. The van der Waals surface area contributed by atoms with Gasteiger partial charge in [-0.3, -0.25) is 4.98 Å². The van der Waals surface area contributed by atoms with Crippen molar-refractivity contribution < 1.29 is 0 Å². The number of aromatic nitrogens is 1. The van der Waals surface area contributed by atoms with E-state index in [-0.39, 0.29) is 0 Å². The predicted molar refractivity (Wildman–Crippen MR) is 94.1 cm³/mol. The van der Waals surface area contributed by atoms with E-state index in [1.54, 1.807) is 6.20 Å². The van der Waals surface area contributed by atoms with Crippen LogP contribution in [0.25, 0.3) is 17.3 Å². The highest BCUT2D eigenvalue weighted by Crippen LogP contribution is 2.32. The molecule has 2 heterocycles. The van der Waals surface area contributed by atoms with Crippen LogP contribution in [0.4, 0.5) is 0 Å². The Bertz CT molecular complexity index is 765. The van der Waals surface area contributed by atoms with Crippen molar-refractivity contribution in [2.24, 2.45) is 0 Å². The highest BCUT2D eigenvalue weighted by molar-refractivity contribution is 5.76. The second-order valence-corrected chi connectivity index (χ2v) is 6.06. The minimum Gasteiger partial charge on any atom is -0.316 e. The van der Waals surface area contributed by atoms with Crippen molar-refractivity contribution in [2.45, 2.75) is 25.7 Å². The summed E-state index contributed by atoms with van der Waals surface area (Å²) in [5.41, 5.74) is 6.09. The molecular weight excluding hydrogens is 282 g/mol. The van der Waals surface area contributed by atoms with Gasteiger partial charge >= 0.3 is 0 Å². The van der Waals surface area contributed by atoms with Crippen molar-refractivity contribution in [1.82, 2.24) is 10.3 Å². The van der Waals surface area contributed by atoms with E-state index in [9.17, 15) is 5.26 Å². The molecule has 1 aromatic carbocycles. The van der Waals surface area contributed by atoms with Crippen molar-refractivity contribution in [2.75, 3.05) is 13.1 Å². The lowest BCUT2D eigenvalue weighted by Crippen LogP contribution is -2.28. The monoisotopic (exact) mass is 303 g/mol. The Morgan fingerprint density at radius 1 is 1.43 bits per heavy atom. The zero-order valence-corrected chi connectivity index (χ0v) is 13.5. The quantitative estimate of drug-likeness (QED) is 0.931. The highest BCUT2D eigenvalue weighted by Gasteiger charge is 2.20. The number of piperidine rings is 1. The van der Waals surface area contributed by atoms with Crippen molar-refractivity contribution in [3.63, 3.8) is 0 Å². The number of aryl methyl sites for hydroxylation is 1. The molecule has 116 valence electrons. The first-order chi connectivity index (χ1) is 11.2. The SMILES string of the molecule is C=Cc1cccc(C)c1-c1cc(C2CCCNC2)c(C#N)cn1. The van der Waals surface area contributed by atoms with Crippen LogP contribution in [-0.2, 0) is 0 Å². The van der Waals surface area contributed by atoms with Gasteiger partial charge in [0.25, 0.3) is 0 Å². The van der Waals surface area contributed by atoms with E-state index < -0.39 is 0 Å². The summed E-state index contributed by atoms with van der Waals surface area (Å²) >= 11 is 0. The Morgan fingerprint density at radius 3 is 3.00 bits per heavy atom. The van der Waals surface area contributed by atoms with Gasteiger partial charge in [0.1, 0.15) is 6.07 Å². The van der Waals surface area contributed by atoms with Gasteiger partial charge in [0.2, 0.25) is 0 Å². The maximum Gasteiger partial charge on any atom is 0.101 e. The van der Waals surface area contributed by atoms with E-state index in [1.807, 2.05) is 12.1 Å². The third-order valence-corrected chi connectivity index (χ3v) is 4.57. The second-order valence-electron chi connectivity index (χ2n) is 6.06. The molecule has 0 aliphatic carbocycles. The molecule has 0 bridgehead atoms. The minimum atomic E-state index is 0.386. The van der Waals surface area contributed by atoms with Gasteiger partial charge in [0.05, 0.1) is 11.3 Å². The molecule has 1 aliphatic rings. The Balaban J connectivity index is 2.12. The number of rotatable bonds is 3. The minimum absolute atomic E-state index is 0.386. The van der Waals surface area contributed by atoms with Crippen LogP contribution in [-0.4, -0.2) is 18.1 Å². The lowest BCUT2D eigenvalue weighted by Gasteiger charge is -2.24. The summed E-state index contributed by atoms with van der Waals surface area (Å²) in [4.78, 5) is 4.55. The molecule has 2 aromatic rings. The van der Waals surface area contributed by atoms with Crippen LogP contribution >= 0.6 is 0 Å². The Kier molecular flexibility index (Phi) is 4.55. The van der Waals surface area contributed by atoms with Gasteiger partial charge in [-0.25, -0.2) is 0 Å². The van der Waals surface area contributed by atoms with E-state index in [0.29, 0.717) is 11.5 Å². The first-order valence-corrected chi connectivity index (χ1v) is 8.07. The average molecular weight is 303 g/mol. The summed E-state index contributed by atoms with van der Waals surface area (Å²) in [6.07, 6.45) is 5.85. The summed E-state index contributed by atoms with van der Waals surface area (Å²) in [6, 6.07) is 10.6. The van der Waals surface area contributed by atoms with E-state index >= 15 is 0 Å². The molecule has 1 saturated heterocycles. The maximum absolute atomic E-state index is 9.44. The maximum atomic E-state index is 9.44. The number of benzene rings is 1. The lowest BCUT2D eigenvalue weighted by atomic mass is 9.87. The molecule has 23 heavy (non-hydrogen) atoms. The fourth-order valence-electron chi connectivity index (χ4n) is 3.37. The summed E-state index contributed by atoms with van der Waals surface area (Å²) in [7, 11) is 0. The molecule has 0 amide bonds. The molecule has 0 radical (unpaired) electrons. The highest BCUT2D eigenvalue weighted by atomic mass is 14.9. The zero-order chi connectivity index (χ0) is 16.2. The largest absolute Gasteiger partial charge is 0.316 e. The van der Waals surface area contributed by atoms with Crippen molar-refractivity contribution >= 4 is 6.08 Å². The van der Waals surface area contributed by atoms with E-state index in [0.717, 1.165) is 48.3 Å². The third kappa shape index (κ3) is 3.04. The predicted octanol–water partition coefficient (Wildman–Crippen LogP) is 4.04. The first-order valence-electron chi connectivity index (χ1n) is 8.07. The van der Waals surface area contributed by atoms with Crippen LogP contribution < -0.4 is 5.32 Å². The molecule has 1 N–H and O–H groups in total. The molecule has 1 atom stereocenters. The normalized spacial score (nSPS) is 17.5. The van der Waals surface area contributed by atoms with Crippen LogP contribution in [0, 0.1) is 18.3 Å². The van der Waals surface area contributed by atoms with Crippen LogP contribution in [0.3, 0.4) is 0 Å². The van der Waals surface area contributed by atoms with E-state index in [1.165, 1.54) is 5.56 Å². The molecule has 3 nitrogen and oxygen atoms in total. The fourth-order valence-corrected chi connectivity index (χ4v) is 3.37. The summed E-state index contributed by atoms with van der Waals surface area (Å²) in [5, 5.41) is 12.9. The number of nitriles is 1. The molecule has 0 saturated carbocycles. The number of pyridine rings is 1. The average Bonchev–Trinajstić information content (AvgIpc) is 2.61. The first kappa shape index (κ1) is 15.5. The summed E-state index contributed by atoms with van der Waals surface area (Å²) < 4.78 is 0. The number of nitrogens with zero attached hydrogens (tertiary/aromatic N) is 2. The Labute approximate surface area is 137 Å². The molecule has 0 spiro atoms. The van der Waals surface area contributed by atoms with Crippen LogP contribution in [0.1, 0.15) is 41.0 Å². The smallest absolute Gasteiger partial charge is 0.101 e. The molecule has 1 fully saturated rings. The standard InChI is InChI=1S/C20H21N3/c1-3-15-7-4-6-14(2)20(15)19-10-18(17(11-21)13-23-19)16-8-5-9-22-12-16/h3-4,6-7,10,13,16,22H,1,5,8-9,12H2,2H3. The zero-order valence-electron chi connectivity index (χ0n) is 13.5. The molecule has 1 unspecified atom stereocenters. The van der Waals surface area contributed by atoms with Crippen LogP contribution in [0.2, 0.25) is 0 Å². The number of nitrogens with one attached hydrogen (secondary N) is 1. The molecule has 3 rings (SSSR count). The van der Waals surface area contributed by atoms with Gasteiger partial charge in [-0.1, -0.05) is 30.9 Å². The van der Waals surface area contributed by atoms with Crippen molar-refractivity contribution in [1.29, 1.82) is 5.26 Å². The van der Waals surface area contributed by atoms with Gasteiger partial charge in [-0.2, -0.15) is 5.26 Å². The van der Waals surface area contributed by atoms with Crippen molar-refractivity contribution in [3.05, 3.63) is 59.3 Å². The molecule has 1 aromatic heterocycles. The van der Waals surface area contributed by atoms with Gasteiger partial charge in [0, 0.05) is 18.3 Å². The van der Waals surface area contributed by atoms with Gasteiger partial charge in [-0.05, 0) is 55.0 Å². The third-order valence-electron chi connectivity index (χ3n) is 4.57. The molecule has 1 aliphatic heterocycles. The molecular formula is C20H21N3. The van der Waals surface area contributed by atoms with Crippen LogP contribution in [0.15, 0.2) is 37.0 Å². The number of hydrogen-bond acceptors (Lipinski definition) is 3. The number of hydrogen-bond donors (Lipinski definition) is 1. The fraction of sp³-hybridized carbons (Fsp3) is 0.300. The summed E-state index contributed by atoms with van der Waals surface area (Å²) in [5.74, 6) is 0.386. The summed E-state index contributed by atoms with van der Waals surface area (Å²) in [6.45, 7) is 8.00. The van der Waals surface area contributed by atoms with E-state index in [2.05, 4.69) is 48.1 Å². The second kappa shape index (κ2) is 6.76. The van der Waals surface area contributed by atoms with Gasteiger partial charge in [-0.15, -0.1) is 0 Å². The Hall–Kier alpha value is -2.44. The van der Waals surface area contributed by atoms with E-state index in [4.69, 9.17) is 0 Å². The topological polar surface area (TPSA) is 48.7 Å². The molecule has 3 heteroatoms. The van der Waals surface area contributed by atoms with Crippen LogP contribution in [0.5, 0.6) is 0 Å².